The van der Waals surface area contributed by atoms with Gasteiger partial charge in [-0.2, -0.15) is 0 Å². The number of carbonyl (C=O) groups is 1. The van der Waals surface area contributed by atoms with Gasteiger partial charge in [-0.15, -0.1) is 0 Å². The summed E-state index contributed by atoms with van der Waals surface area (Å²) in [6.45, 7) is 1.89. The predicted octanol–water partition coefficient (Wildman–Crippen LogP) is 1.38. The minimum absolute atomic E-state index is 0.135. The lowest BCUT2D eigenvalue weighted by Gasteiger charge is -2.07. The highest BCUT2D eigenvalue weighted by atomic mass is 35.5. The molecule has 0 aliphatic heterocycles. The third kappa shape index (κ3) is 4.32. The van der Waals surface area contributed by atoms with Gasteiger partial charge in [0.25, 0.3) is 0 Å². The van der Waals surface area contributed by atoms with Gasteiger partial charge in [0.2, 0.25) is 5.91 Å². The van der Waals surface area contributed by atoms with E-state index in [0.29, 0.717) is 5.02 Å². The lowest BCUT2D eigenvalue weighted by Crippen LogP contribution is -2.31. The van der Waals surface area contributed by atoms with Crippen molar-refractivity contribution < 1.29 is 9.90 Å². The van der Waals surface area contributed by atoms with Crippen molar-refractivity contribution in [2.45, 2.75) is 19.4 Å². The first kappa shape index (κ1) is 12.0. The molecule has 1 atom stereocenters. The van der Waals surface area contributed by atoms with Crippen LogP contribution in [-0.2, 0) is 11.2 Å². The molecular formula is C11H14ClNO2. The first-order valence-electron chi connectivity index (χ1n) is 4.77. The Bertz CT molecular complexity index is 339. The largest absolute Gasteiger partial charge is 0.392 e. The number of hydrogen-bond donors (Lipinski definition) is 2. The van der Waals surface area contributed by atoms with Crippen LogP contribution in [0.15, 0.2) is 24.3 Å². The second-order valence-electron chi connectivity index (χ2n) is 3.42. The predicted molar refractivity (Wildman–Crippen MR) is 59.8 cm³/mol. The molecule has 1 rings (SSSR count). The van der Waals surface area contributed by atoms with Gasteiger partial charge >= 0.3 is 0 Å². The molecule has 0 saturated carbocycles. The Morgan fingerprint density at radius 3 is 2.80 bits per heavy atom. The van der Waals surface area contributed by atoms with Gasteiger partial charge < -0.3 is 10.4 Å². The normalized spacial score (nSPS) is 12.2. The summed E-state index contributed by atoms with van der Waals surface area (Å²) in [6.07, 6.45) is -0.285. The smallest absolute Gasteiger partial charge is 0.224 e. The Kier molecular flexibility index (Phi) is 4.59. The van der Waals surface area contributed by atoms with Crippen LogP contribution in [0.3, 0.4) is 0 Å². The number of amides is 1. The molecule has 0 spiro atoms. The third-order valence-corrected chi connectivity index (χ3v) is 2.27. The average Bonchev–Trinajstić information content (AvgIpc) is 2.18. The van der Waals surface area contributed by atoms with E-state index in [2.05, 4.69) is 5.32 Å². The molecule has 0 unspecified atom stereocenters. The fourth-order valence-electron chi connectivity index (χ4n) is 1.14. The Morgan fingerprint density at radius 2 is 2.20 bits per heavy atom. The Hall–Kier alpha value is -1.06. The van der Waals surface area contributed by atoms with Crippen LogP contribution in [0.25, 0.3) is 0 Å². The average molecular weight is 228 g/mol. The molecule has 0 saturated heterocycles. The monoisotopic (exact) mass is 227 g/mol. The molecule has 0 heterocycles. The van der Waals surface area contributed by atoms with E-state index in [0.717, 1.165) is 5.56 Å². The number of rotatable bonds is 4. The van der Waals surface area contributed by atoms with Gasteiger partial charge in [-0.05, 0) is 18.6 Å². The molecule has 0 aliphatic carbocycles. The second-order valence-corrected chi connectivity index (χ2v) is 3.83. The molecular weight excluding hydrogens is 214 g/mol. The highest BCUT2D eigenvalue weighted by molar-refractivity contribution is 6.31. The van der Waals surface area contributed by atoms with E-state index in [1.807, 2.05) is 18.2 Å². The van der Waals surface area contributed by atoms with Crippen LogP contribution in [-0.4, -0.2) is 23.7 Å². The van der Waals surface area contributed by atoms with Crippen LogP contribution in [0.2, 0.25) is 5.02 Å². The van der Waals surface area contributed by atoms with Gasteiger partial charge in [-0.3, -0.25) is 4.79 Å². The van der Waals surface area contributed by atoms with E-state index in [1.165, 1.54) is 0 Å². The summed E-state index contributed by atoms with van der Waals surface area (Å²) >= 11 is 5.90. The van der Waals surface area contributed by atoms with Crippen molar-refractivity contribution in [3.05, 3.63) is 34.9 Å². The van der Waals surface area contributed by atoms with Crippen molar-refractivity contribution in [1.29, 1.82) is 0 Å². The number of nitrogens with one attached hydrogen (secondary N) is 1. The summed E-state index contributed by atoms with van der Waals surface area (Å²) < 4.78 is 0. The van der Waals surface area contributed by atoms with Crippen molar-refractivity contribution in [3.8, 4) is 0 Å². The standard InChI is InChI=1S/C11H14ClNO2/c1-8(14)7-13-11(15)6-9-4-2-3-5-10(9)12/h2-5,8,14H,6-7H2,1H3,(H,13,15)/t8-/m1/s1. The van der Waals surface area contributed by atoms with Crippen molar-refractivity contribution in [1.82, 2.24) is 5.32 Å². The van der Waals surface area contributed by atoms with Crippen LogP contribution in [0, 0.1) is 0 Å². The zero-order valence-corrected chi connectivity index (χ0v) is 9.29. The van der Waals surface area contributed by atoms with Crippen molar-refractivity contribution >= 4 is 17.5 Å². The molecule has 0 bridgehead atoms. The summed E-state index contributed by atoms with van der Waals surface area (Å²) in [6, 6.07) is 7.21. The molecule has 3 nitrogen and oxygen atoms in total. The maximum atomic E-state index is 11.4. The summed E-state index contributed by atoms with van der Waals surface area (Å²) in [5.41, 5.74) is 0.794. The fraction of sp³-hybridized carbons (Fsp3) is 0.364. The number of benzene rings is 1. The minimum atomic E-state index is -0.528. The summed E-state index contributed by atoms with van der Waals surface area (Å²) in [5, 5.41) is 12.2. The topological polar surface area (TPSA) is 49.3 Å². The van der Waals surface area contributed by atoms with E-state index < -0.39 is 6.10 Å². The van der Waals surface area contributed by atoms with Gasteiger partial charge in [0.1, 0.15) is 0 Å². The van der Waals surface area contributed by atoms with Gasteiger partial charge in [-0.1, -0.05) is 29.8 Å². The highest BCUT2D eigenvalue weighted by Gasteiger charge is 2.06. The van der Waals surface area contributed by atoms with E-state index in [9.17, 15) is 4.79 Å². The van der Waals surface area contributed by atoms with E-state index >= 15 is 0 Å². The van der Waals surface area contributed by atoms with Crippen molar-refractivity contribution in [2.24, 2.45) is 0 Å². The molecule has 1 amide bonds. The van der Waals surface area contributed by atoms with Crippen LogP contribution in [0.5, 0.6) is 0 Å². The number of hydrogen-bond acceptors (Lipinski definition) is 2. The zero-order chi connectivity index (χ0) is 11.3. The molecule has 1 aromatic rings. The van der Waals surface area contributed by atoms with Gasteiger partial charge in [0, 0.05) is 11.6 Å². The molecule has 4 heteroatoms. The lowest BCUT2D eigenvalue weighted by atomic mass is 10.1. The molecule has 2 N–H and O–H groups in total. The molecule has 82 valence electrons. The number of carbonyl (C=O) groups excluding carboxylic acids is 1. The quantitative estimate of drug-likeness (QED) is 0.817. The second kappa shape index (κ2) is 5.73. The van der Waals surface area contributed by atoms with E-state index in [1.54, 1.807) is 13.0 Å². The van der Waals surface area contributed by atoms with E-state index in [-0.39, 0.29) is 18.9 Å². The molecule has 0 aliphatic rings. The van der Waals surface area contributed by atoms with E-state index in [4.69, 9.17) is 16.7 Å². The van der Waals surface area contributed by atoms with Crippen molar-refractivity contribution in [2.75, 3.05) is 6.54 Å². The maximum Gasteiger partial charge on any atom is 0.224 e. The molecule has 1 aromatic carbocycles. The van der Waals surface area contributed by atoms with Crippen LogP contribution >= 0.6 is 11.6 Å². The minimum Gasteiger partial charge on any atom is -0.392 e. The maximum absolute atomic E-state index is 11.4. The Labute approximate surface area is 94.1 Å². The van der Waals surface area contributed by atoms with Gasteiger partial charge in [0.15, 0.2) is 0 Å². The number of aliphatic hydroxyl groups is 1. The molecule has 0 fully saturated rings. The molecule has 0 aromatic heterocycles. The zero-order valence-electron chi connectivity index (χ0n) is 8.53. The van der Waals surface area contributed by atoms with Crippen molar-refractivity contribution in [3.63, 3.8) is 0 Å². The molecule has 0 radical (unpaired) electrons. The fourth-order valence-corrected chi connectivity index (χ4v) is 1.34. The summed E-state index contributed by atoms with van der Waals surface area (Å²) in [7, 11) is 0. The third-order valence-electron chi connectivity index (χ3n) is 1.90. The van der Waals surface area contributed by atoms with Gasteiger partial charge in [-0.25, -0.2) is 0 Å². The van der Waals surface area contributed by atoms with Crippen LogP contribution in [0.4, 0.5) is 0 Å². The SMILES string of the molecule is C[C@@H](O)CNC(=O)Cc1ccccc1Cl. The lowest BCUT2D eigenvalue weighted by molar-refractivity contribution is -0.120. The first-order valence-corrected chi connectivity index (χ1v) is 5.15. The Morgan fingerprint density at radius 1 is 1.53 bits per heavy atom. The molecule has 15 heavy (non-hydrogen) atoms. The number of halogens is 1. The van der Waals surface area contributed by atoms with Crippen LogP contribution < -0.4 is 5.32 Å². The first-order chi connectivity index (χ1) is 7.09. The highest BCUT2D eigenvalue weighted by Crippen LogP contribution is 2.14. The summed E-state index contributed by atoms with van der Waals surface area (Å²) in [5.74, 6) is -0.135. The summed E-state index contributed by atoms with van der Waals surface area (Å²) in [4.78, 5) is 11.4. The van der Waals surface area contributed by atoms with Crippen LogP contribution in [0.1, 0.15) is 12.5 Å². The Balaban J connectivity index is 2.48. The number of aliphatic hydroxyl groups excluding tert-OH is 1. The van der Waals surface area contributed by atoms with Gasteiger partial charge in [0.05, 0.1) is 12.5 Å².